The highest BCUT2D eigenvalue weighted by Crippen LogP contribution is 2.25. The molecule has 0 N–H and O–H groups in total. The lowest BCUT2D eigenvalue weighted by Gasteiger charge is -2.27. The van der Waals surface area contributed by atoms with E-state index in [2.05, 4.69) is 31.9 Å². The van der Waals surface area contributed by atoms with Gasteiger partial charge in [0, 0.05) is 29.3 Å². The molecule has 0 atom stereocenters. The zero-order valence-corrected chi connectivity index (χ0v) is 12.3. The van der Waals surface area contributed by atoms with Gasteiger partial charge in [0.2, 0.25) is 0 Å². The lowest BCUT2D eigenvalue weighted by molar-refractivity contribution is 0.553. The van der Waals surface area contributed by atoms with Gasteiger partial charge in [-0.1, -0.05) is 19.3 Å². The highest BCUT2D eigenvalue weighted by molar-refractivity contribution is 9.10. The van der Waals surface area contributed by atoms with E-state index >= 15 is 0 Å². The van der Waals surface area contributed by atoms with Crippen LogP contribution in [0.25, 0.3) is 0 Å². The third-order valence-electron chi connectivity index (χ3n) is 3.21. The van der Waals surface area contributed by atoms with E-state index in [9.17, 15) is 0 Å². The van der Waals surface area contributed by atoms with Gasteiger partial charge in [0.1, 0.15) is 5.82 Å². The molecule has 0 aromatic carbocycles. The first-order chi connectivity index (χ1) is 8.31. The average Bonchev–Trinajstić information content (AvgIpc) is 2.29. The van der Waals surface area contributed by atoms with E-state index < -0.39 is 0 Å². The van der Waals surface area contributed by atoms with Gasteiger partial charge in [0.05, 0.1) is 5.88 Å². The molecule has 1 aromatic rings. The standard InChI is InChI=1S/C13H18BrClN2/c14-12-8-11(9-15)13(16-10-12)17-6-4-2-1-3-5-7-17/h8,10H,1-7,9H2. The molecule has 1 aliphatic heterocycles. The number of anilines is 1. The van der Waals surface area contributed by atoms with Gasteiger partial charge < -0.3 is 4.90 Å². The Morgan fingerprint density at radius 3 is 2.47 bits per heavy atom. The van der Waals surface area contributed by atoms with Crippen LogP contribution in [0, 0.1) is 0 Å². The van der Waals surface area contributed by atoms with Crippen molar-refractivity contribution in [1.29, 1.82) is 0 Å². The van der Waals surface area contributed by atoms with Crippen molar-refractivity contribution >= 4 is 33.3 Å². The lowest BCUT2D eigenvalue weighted by atomic mass is 10.1. The molecule has 17 heavy (non-hydrogen) atoms. The van der Waals surface area contributed by atoms with Crippen LogP contribution in [0.3, 0.4) is 0 Å². The third-order valence-corrected chi connectivity index (χ3v) is 3.93. The summed E-state index contributed by atoms with van der Waals surface area (Å²) in [5.41, 5.74) is 1.13. The van der Waals surface area contributed by atoms with E-state index in [0.717, 1.165) is 28.9 Å². The number of hydrogen-bond acceptors (Lipinski definition) is 2. The molecular formula is C13H18BrClN2. The summed E-state index contributed by atoms with van der Waals surface area (Å²) in [6, 6.07) is 2.08. The Hall–Kier alpha value is -0.280. The van der Waals surface area contributed by atoms with Crippen LogP contribution in [0.2, 0.25) is 0 Å². The molecule has 2 rings (SSSR count). The van der Waals surface area contributed by atoms with E-state index in [1.165, 1.54) is 32.1 Å². The van der Waals surface area contributed by atoms with Crippen molar-refractivity contribution in [3.05, 3.63) is 22.3 Å². The van der Waals surface area contributed by atoms with Crippen molar-refractivity contribution in [2.24, 2.45) is 0 Å². The first-order valence-corrected chi connectivity index (χ1v) is 7.59. The van der Waals surface area contributed by atoms with Crippen LogP contribution in [0.15, 0.2) is 16.7 Å². The predicted molar refractivity (Wildman–Crippen MR) is 76.8 cm³/mol. The topological polar surface area (TPSA) is 16.1 Å². The summed E-state index contributed by atoms with van der Waals surface area (Å²) in [5.74, 6) is 1.60. The maximum atomic E-state index is 6.01. The molecule has 94 valence electrons. The van der Waals surface area contributed by atoms with Crippen molar-refractivity contribution < 1.29 is 0 Å². The molecule has 1 aliphatic rings. The van der Waals surface area contributed by atoms with Gasteiger partial charge in [0.25, 0.3) is 0 Å². The molecule has 0 amide bonds. The summed E-state index contributed by atoms with van der Waals surface area (Å²) in [5, 5.41) is 0. The summed E-state index contributed by atoms with van der Waals surface area (Å²) in [6.07, 6.45) is 8.44. The average molecular weight is 318 g/mol. The number of halogens is 2. The Bertz CT molecular complexity index is 362. The van der Waals surface area contributed by atoms with Crippen molar-refractivity contribution in [1.82, 2.24) is 4.98 Å². The van der Waals surface area contributed by atoms with Gasteiger partial charge in [-0.3, -0.25) is 0 Å². The van der Waals surface area contributed by atoms with E-state index in [1.54, 1.807) is 0 Å². The second kappa shape index (κ2) is 6.60. The monoisotopic (exact) mass is 316 g/mol. The normalized spacial score (nSPS) is 17.6. The minimum Gasteiger partial charge on any atom is -0.356 e. The molecule has 4 heteroatoms. The zero-order valence-electron chi connectivity index (χ0n) is 9.96. The first-order valence-electron chi connectivity index (χ1n) is 6.26. The molecule has 0 radical (unpaired) electrons. The second-order valence-electron chi connectivity index (χ2n) is 4.52. The number of rotatable bonds is 2. The van der Waals surface area contributed by atoms with E-state index in [0.29, 0.717) is 5.88 Å². The Morgan fingerprint density at radius 2 is 1.82 bits per heavy atom. The fourth-order valence-electron chi connectivity index (χ4n) is 2.32. The fraction of sp³-hybridized carbons (Fsp3) is 0.615. The molecule has 2 heterocycles. The number of nitrogens with zero attached hydrogens (tertiary/aromatic N) is 2. The number of alkyl halides is 1. The molecule has 2 nitrogen and oxygen atoms in total. The van der Waals surface area contributed by atoms with Crippen molar-refractivity contribution in [3.63, 3.8) is 0 Å². The van der Waals surface area contributed by atoms with E-state index in [1.807, 2.05) is 6.20 Å². The quantitative estimate of drug-likeness (QED) is 0.754. The maximum Gasteiger partial charge on any atom is 0.133 e. The summed E-state index contributed by atoms with van der Waals surface area (Å²) in [6.45, 7) is 2.22. The Labute approximate surface area is 116 Å². The Balaban J connectivity index is 2.18. The summed E-state index contributed by atoms with van der Waals surface area (Å²) in [4.78, 5) is 6.93. The van der Waals surface area contributed by atoms with Crippen molar-refractivity contribution in [2.75, 3.05) is 18.0 Å². The highest BCUT2D eigenvalue weighted by Gasteiger charge is 2.14. The van der Waals surface area contributed by atoms with Gasteiger partial charge in [-0.25, -0.2) is 4.98 Å². The summed E-state index contributed by atoms with van der Waals surface area (Å²) >= 11 is 9.46. The van der Waals surface area contributed by atoms with Crippen molar-refractivity contribution in [3.8, 4) is 0 Å². The van der Waals surface area contributed by atoms with Crippen molar-refractivity contribution in [2.45, 2.75) is 38.0 Å². The molecule has 0 spiro atoms. The van der Waals surface area contributed by atoms with Crippen LogP contribution in [-0.2, 0) is 5.88 Å². The second-order valence-corrected chi connectivity index (χ2v) is 5.71. The minimum atomic E-state index is 0.526. The molecule has 0 bridgehead atoms. The Kier molecular flexibility index (Phi) is 5.11. The van der Waals surface area contributed by atoms with Crippen LogP contribution < -0.4 is 4.90 Å². The SMILES string of the molecule is ClCc1cc(Br)cnc1N1CCCCCCC1. The van der Waals surface area contributed by atoms with Gasteiger partial charge in [-0.05, 0) is 34.8 Å². The number of hydrogen-bond donors (Lipinski definition) is 0. The molecule has 0 unspecified atom stereocenters. The molecular weight excluding hydrogens is 300 g/mol. The lowest BCUT2D eigenvalue weighted by Crippen LogP contribution is -2.28. The van der Waals surface area contributed by atoms with Gasteiger partial charge in [-0.15, -0.1) is 11.6 Å². The van der Waals surface area contributed by atoms with Crippen LogP contribution in [-0.4, -0.2) is 18.1 Å². The van der Waals surface area contributed by atoms with Crippen LogP contribution in [0.1, 0.15) is 37.7 Å². The number of aromatic nitrogens is 1. The van der Waals surface area contributed by atoms with Crippen LogP contribution >= 0.6 is 27.5 Å². The van der Waals surface area contributed by atoms with Crippen LogP contribution in [0.5, 0.6) is 0 Å². The molecule has 0 saturated carbocycles. The maximum absolute atomic E-state index is 6.01. The van der Waals surface area contributed by atoms with Gasteiger partial charge in [-0.2, -0.15) is 0 Å². The summed E-state index contributed by atoms with van der Waals surface area (Å²) in [7, 11) is 0. The molecule has 1 saturated heterocycles. The molecule has 1 aromatic heterocycles. The van der Waals surface area contributed by atoms with E-state index in [-0.39, 0.29) is 0 Å². The van der Waals surface area contributed by atoms with E-state index in [4.69, 9.17) is 11.6 Å². The number of pyridine rings is 1. The van der Waals surface area contributed by atoms with Gasteiger partial charge in [0.15, 0.2) is 0 Å². The summed E-state index contributed by atoms with van der Waals surface area (Å²) < 4.78 is 1.00. The fourth-order valence-corrected chi connectivity index (χ4v) is 2.89. The predicted octanol–water partition coefficient (Wildman–Crippen LogP) is 4.35. The highest BCUT2D eigenvalue weighted by atomic mass is 79.9. The smallest absolute Gasteiger partial charge is 0.133 e. The first kappa shape index (κ1) is 13.2. The zero-order chi connectivity index (χ0) is 12.1. The molecule has 0 aliphatic carbocycles. The molecule has 1 fully saturated rings. The van der Waals surface area contributed by atoms with Crippen LogP contribution in [0.4, 0.5) is 5.82 Å². The third kappa shape index (κ3) is 3.59. The van der Waals surface area contributed by atoms with Gasteiger partial charge >= 0.3 is 0 Å². The largest absolute Gasteiger partial charge is 0.356 e. The minimum absolute atomic E-state index is 0.526. The Morgan fingerprint density at radius 1 is 1.18 bits per heavy atom.